The van der Waals surface area contributed by atoms with Crippen LogP contribution in [0.25, 0.3) is 0 Å². The molecule has 2 atom stereocenters. The van der Waals surface area contributed by atoms with Crippen LogP contribution in [0, 0.1) is 0 Å². The standard InChI is InChI=1S/C14H30N2OS/c1-6-12(9-18-5)16(4)14(11-15)7-8-17-13(2,3)10-14/h12H,6-11,15H2,1-5H3. The van der Waals surface area contributed by atoms with E-state index in [9.17, 15) is 0 Å². The van der Waals surface area contributed by atoms with E-state index in [2.05, 4.69) is 39.0 Å². The quantitative estimate of drug-likeness (QED) is 0.807. The molecule has 1 heterocycles. The monoisotopic (exact) mass is 274 g/mol. The lowest BCUT2D eigenvalue weighted by Crippen LogP contribution is -2.62. The minimum atomic E-state index is -0.0521. The summed E-state index contributed by atoms with van der Waals surface area (Å²) in [4.78, 5) is 2.54. The van der Waals surface area contributed by atoms with Gasteiger partial charge in [-0.2, -0.15) is 11.8 Å². The first kappa shape index (κ1) is 16.3. The first-order valence-electron chi connectivity index (χ1n) is 6.96. The van der Waals surface area contributed by atoms with Crippen molar-refractivity contribution in [1.29, 1.82) is 0 Å². The van der Waals surface area contributed by atoms with E-state index in [4.69, 9.17) is 10.5 Å². The average Bonchev–Trinajstić information content (AvgIpc) is 2.33. The zero-order valence-corrected chi connectivity index (χ0v) is 13.5. The number of hydrogen-bond acceptors (Lipinski definition) is 4. The smallest absolute Gasteiger partial charge is 0.0644 e. The normalized spacial score (nSPS) is 29.5. The fourth-order valence-corrected chi connectivity index (χ4v) is 4.00. The van der Waals surface area contributed by atoms with Gasteiger partial charge in [-0.1, -0.05) is 6.92 Å². The third-order valence-corrected chi connectivity index (χ3v) is 5.04. The van der Waals surface area contributed by atoms with Gasteiger partial charge in [0, 0.05) is 30.5 Å². The maximum atomic E-state index is 6.14. The van der Waals surface area contributed by atoms with E-state index in [1.165, 1.54) is 12.2 Å². The maximum Gasteiger partial charge on any atom is 0.0644 e. The largest absolute Gasteiger partial charge is 0.375 e. The molecule has 1 fully saturated rings. The highest BCUT2D eigenvalue weighted by atomic mass is 32.2. The van der Waals surface area contributed by atoms with Gasteiger partial charge in [-0.25, -0.2) is 0 Å². The molecule has 1 rings (SSSR count). The van der Waals surface area contributed by atoms with E-state index < -0.39 is 0 Å². The zero-order chi connectivity index (χ0) is 13.8. The van der Waals surface area contributed by atoms with Crippen molar-refractivity contribution in [2.24, 2.45) is 5.73 Å². The number of nitrogens with two attached hydrogens (primary N) is 1. The fourth-order valence-electron chi connectivity index (χ4n) is 3.15. The zero-order valence-electron chi connectivity index (χ0n) is 12.7. The predicted octanol–water partition coefficient (Wildman–Crippen LogP) is 2.35. The van der Waals surface area contributed by atoms with E-state index >= 15 is 0 Å². The van der Waals surface area contributed by atoms with E-state index in [0.717, 1.165) is 26.0 Å². The van der Waals surface area contributed by atoms with Gasteiger partial charge in [-0.05, 0) is 46.4 Å². The second kappa shape index (κ2) is 6.60. The molecule has 1 saturated heterocycles. The minimum absolute atomic E-state index is 0.0521. The van der Waals surface area contributed by atoms with Gasteiger partial charge in [0.05, 0.1) is 5.60 Å². The van der Waals surface area contributed by atoms with Gasteiger partial charge in [0.25, 0.3) is 0 Å². The first-order chi connectivity index (χ1) is 8.40. The molecule has 0 bridgehead atoms. The highest BCUT2D eigenvalue weighted by Gasteiger charge is 2.44. The summed E-state index contributed by atoms with van der Waals surface area (Å²) in [6.07, 6.45) is 5.44. The average molecular weight is 274 g/mol. The highest BCUT2D eigenvalue weighted by molar-refractivity contribution is 7.98. The van der Waals surface area contributed by atoms with Gasteiger partial charge >= 0.3 is 0 Å². The molecule has 4 heteroatoms. The van der Waals surface area contributed by atoms with Crippen LogP contribution in [-0.4, -0.2) is 54.3 Å². The molecule has 0 amide bonds. The number of likely N-dealkylation sites (N-methyl/N-ethyl adjacent to an activating group) is 1. The lowest BCUT2D eigenvalue weighted by Gasteiger charge is -2.51. The van der Waals surface area contributed by atoms with Crippen LogP contribution < -0.4 is 5.73 Å². The van der Waals surface area contributed by atoms with Crippen LogP contribution in [0.1, 0.15) is 40.0 Å². The van der Waals surface area contributed by atoms with Gasteiger partial charge in [0.15, 0.2) is 0 Å². The molecule has 2 unspecified atom stereocenters. The topological polar surface area (TPSA) is 38.5 Å². The summed E-state index contributed by atoms with van der Waals surface area (Å²) >= 11 is 1.92. The van der Waals surface area contributed by atoms with E-state index in [0.29, 0.717) is 6.04 Å². The first-order valence-corrected chi connectivity index (χ1v) is 8.36. The van der Waals surface area contributed by atoms with Crippen LogP contribution >= 0.6 is 11.8 Å². The highest BCUT2D eigenvalue weighted by Crippen LogP contribution is 2.36. The molecule has 0 aromatic rings. The van der Waals surface area contributed by atoms with E-state index in [1.54, 1.807) is 0 Å². The van der Waals surface area contributed by atoms with Crippen molar-refractivity contribution in [3.05, 3.63) is 0 Å². The summed E-state index contributed by atoms with van der Waals surface area (Å²) in [5.41, 5.74) is 6.20. The summed E-state index contributed by atoms with van der Waals surface area (Å²) in [6, 6.07) is 0.609. The number of rotatable bonds is 6. The van der Waals surface area contributed by atoms with Crippen molar-refractivity contribution < 1.29 is 4.74 Å². The Morgan fingerprint density at radius 1 is 1.44 bits per heavy atom. The van der Waals surface area contributed by atoms with Gasteiger partial charge in [0.2, 0.25) is 0 Å². The number of ether oxygens (including phenoxy) is 1. The molecule has 1 aliphatic heterocycles. The molecule has 108 valence electrons. The van der Waals surface area contributed by atoms with E-state index in [1.807, 2.05) is 11.8 Å². The molecule has 3 nitrogen and oxygen atoms in total. The molecule has 0 spiro atoms. The minimum Gasteiger partial charge on any atom is -0.375 e. The lowest BCUT2D eigenvalue weighted by atomic mass is 9.79. The second-order valence-electron chi connectivity index (χ2n) is 6.09. The third-order valence-electron chi connectivity index (χ3n) is 4.32. The summed E-state index contributed by atoms with van der Waals surface area (Å²) in [5, 5.41) is 0. The second-order valence-corrected chi connectivity index (χ2v) is 7.00. The summed E-state index contributed by atoms with van der Waals surface area (Å²) in [5.74, 6) is 1.18. The van der Waals surface area contributed by atoms with Crippen LogP contribution in [0.5, 0.6) is 0 Å². The van der Waals surface area contributed by atoms with Gasteiger partial charge in [-0.15, -0.1) is 0 Å². The Labute approximate surface area is 117 Å². The number of nitrogens with zero attached hydrogens (tertiary/aromatic N) is 1. The number of thioether (sulfide) groups is 1. The predicted molar refractivity (Wildman–Crippen MR) is 81.3 cm³/mol. The Bertz CT molecular complexity index is 260. The van der Waals surface area contributed by atoms with Crippen molar-refractivity contribution in [2.45, 2.75) is 57.2 Å². The molecule has 0 radical (unpaired) electrons. The molecule has 18 heavy (non-hydrogen) atoms. The Hall–Kier alpha value is 0.230. The summed E-state index contributed by atoms with van der Waals surface area (Å²) < 4.78 is 5.86. The van der Waals surface area contributed by atoms with Crippen LogP contribution in [-0.2, 0) is 4.74 Å². The Balaban J connectivity index is 2.85. The molecule has 0 aliphatic carbocycles. The molecule has 0 aromatic heterocycles. The Morgan fingerprint density at radius 3 is 2.56 bits per heavy atom. The molecular weight excluding hydrogens is 244 g/mol. The van der Waals surface area contributed by atoms with Crippen molar-refractivity contribution in [3.63, 3.8) is 0 Å². The van der Waals surface area contributed by atoms with Crippen molar-refractivity contribution >= 4 is 11.8 Å². The molecule has 2 N–H and O–H groups in total. The molecular formula is C14H30N2OS. The lowest BCUT2D eigenvalue weighted by molar-refractivity contribution is -0.119. The van der Waals surface area contributed by atoms with Gasteiger partial charge < -0.3 is 10.5 Å². The van der Waals surface area contributed by atoms with Crippen LogP contribution in [0.4, 0.5) is 0 Å². The third kappa shape index (κ3) is 3.62. The molecule has 0 aromatic carbocycles. The Morgan fingerprint density at radius 2 is 2.11 bits per heavy atom. The van der Waals surface area contributed by atoms with Crippen molar-refractivity contribution in [1.82, 2.24) is 4.90 Å². The SMILES string of the molecule is CCC(CSC)N(C)C1(CN)CCOC(C)(C)C1. The molecule has 0 saturated carbocycles. The van der Waals surface area contributed by atoms with Gasteiger partial charge in [0.1, 0.15) is 0 Å². The Kier molecular flexibility index (Phi) is 5.97. The fraction of sp³-hybridized carbons (Fsp3) is 1.00. The van der Waals surface area contributed by atoms with Crippen LogP contribution in [0.3, 0.4) is 0 Å². The van der Waals surface area contributed by atoms with Crippen molar-refractivity contribution in [3.8, 4) is 0 Å². The van der Waals surface area contributed by atoms with Crippen LogP contribution in [0.15, 0.2) is 0 Å². The summed E-state index contributed by atoms with van der Waals surface area (Å²) in [7, 11) is 2.25. The van der Waals surface area contributed by atoms with Crippen molar-refractivity contribution in [2.75, 3.05) is 32.2 Å². The van der Waals surface area contributed by atoms with Crippen LogP contribution in [0.2, 0.25) is 0 Å². The molecule has 1 aliphatic rings. The number of hydrogen-bond donors (Lipinski definition) is 1. The summed E-state index contributed by atoms with van der Waals surface area (Å²) in [6.45, 7) is 8.18. The maximum absolute atomic E-state index is 6.14. The van der Waals surface area contributed by atoms with Gasteiger partial charge in [-0.3, -0.25) is 4.90 Å². The van der Waals surface area contributed by atoms with E-state index in [-0.39, 0.29) is 11.1 Å².